The van der Waals surface area contributed by atoms with Crippen molar-refractivity contribution < 1.29 is 4.79 Å². The Balaban J connectivity index is 1.44. The summed E-state index contributed by atoms with van der Waals surface area (Å²) < 4.78 is 0. The maximum absolute atomic E-state index is 12.7. The predicted molar refractivity (Wildman–Crippen MR) is 114 cm³/mol. The van der Waals surface area contributed by atoms with Crippen LogP contribution in [0.25, 0.3) is 0 Å². The zero-order valence-electron chi connectivity index (χ0n) is 16.0. The summed E-state index contributed by atoms with van der Waals surface area (Å²) in [4.78, 5) is 21.7. The minimum atomic E-state index is -0.251. The molecule has 0 bridgehead atoms. The maximum atomic E-state index is 12.7. The first-order valence-electron chi connectivity index (χ1n) is 9.56. The Hall–Kier alpha value is -3.85. The zero-order valence-corrected chi connectivity index (χ0v) is 16.0. The normalized spacial score (nSPS) is 13.6. The molecule has 2 heterocycles. The molecule has 1 aliphatic rings. The summed E-state index contributed by atoms with van der Waals surface area (Å²) in [5.41, 5.74) is 2.69. The van der Waals surface area contributed by atoms with Crippen LogP contribution in [0.15, 0.2) is 72.9 Å². The van der Waals surface area contributed by atoms with Crippen LogP contribution in [0.5, 0.6) is 0 Å². The zero-order chi connectivity index (χ0) is 20.1. The van der Waals surface area contributed by atoms with E-state index in [-0.39, 0.29) is 5.91 Å². The summed E-state index contributed by atoms with van der Waals surface area (Å²) >= 11 is 0. The molecule has 0 radical (unpaired) electrons. The van der Waals surface area contributed by atoms with Crippen molar-refractivity contribution in [2.45, 2.75) is 0 Å². The molecule has 1 fully saturated rings. The molecule has 4 rings (SSSR count). The molecule has 0 saturated carbocycles. The lowest BCUT2D eigenvalue weighted by atomic mass is 10.1. The van der Waals surface area contributed by atoms with Crippen LogP contribution in [0.1, 0.15) is 15.9 Å². The van der Waals surface area contributed by atoms with Crippen molar-refractivity contribution in [2.75, 3.05) is 41.3 Å². The van der Waals surface area contributed by atoms with Gasteiger partial charge in [0.05, 0.1) is 11.3 Å². The summed E-state index contributed by atoms with van der Waals surface area (Å²) in [7, 11) is 0. The van der Waals surface area contributed by atoms with Crippen molar-refractivity contribution in [3.63, 3.8) is 0 Å². The average molecular weight is 383 g/mol. The Morgan fingerprint density at radius 3 is 2.38 bits per heavy atom. The van der Waals surface area contributed by atoms with E-state index in [2.05, 4.69) is 50.4 Å². The molecule has 1 amide bonds. The van der Waals surface area contributed by atoms with Gasteiger partial charge in [-0.25, -0.2) is 4.98 Å². The smallest absolute Gasteiger partial charge is 0.255 e. The lowest BCUT2D eigenvalue weighted by Gasteiger charge is -2.36. The Morgan fingerprint density at radius 2 is 1.62 bits per heavy atom. The first kappa shape index (κ1) is 18.5. The lowest BCUT2D eigenvalue weighted by Crippen LogP contribution is -2.46. The number of nitrogens with zero attached hydrogens (tertiary/aromatic N) is 4. The lowest BCUT2D eigenvalue weighted by molar-refractivity contribution is 0.102. The number of carbonyl (C=O) groups is 1. The van der Waals surface area contributed by atoms with Crippen molar-refractivity contribution in [1.82, 2.24) is 4.98 Å². The summed E-state index contributed by atoms with van der Waals surface area (Å²) in [5.74, 6) is 0.540. The molecule has 144 valence electrons. The van der Waals surface area contributed by atoms with E-state index in [0.29, 0.717) is 16.8 Å². The number of rotatable bonds is 4. The van der Waals surface area contributed by atoms with Crippen molar-refractivity contribution >= 4 is 23.1 Å². The number of anilines is 3. The van der Waals surface area contributed by atoms with E-state index in [9.17, 15) is 10.1 Å². The maximum Gasteiger partial charge on any atom is 0.255 e. The second kappa shape index (κ2) is 8.44. The Bertz CT molecular complexity index is 1040. The Labute approximate surface area is 170 Å². The molecule has 2 aromatic carbocycles. The van der Waals surface area contributed by atoms with Crippen LogP contribution in [0.2, 0.25) is 0 Å². The van der Waals surface area contributed by atoms with Gasteiger partial charge in [-0.3, -0.25) is 4.79 Å². The molecule has 1 saturated heterocycles. The third-order valence-electron chi connectivity index (χ3n) is 5.03. The number of pyridine rings is 1. The van der Waals surface area contributed by atoms with Gasteiger partial charge in [-0.2, -0.15) is 5.26 Å². The van der Waals surface area contributed by atoms with Gasteiger partial charge in [-0.15, -0.1) is 0 Å². The summed E-state index contributed by atoms with van der Waals surface area (Å²) in [6.07, 6.45) is 1.66. The molecule has 0 spiro atoms. The molecular formula is C23H21N5O. The van der Waals surface area contributed by atoms with Gasteiger partial charge < -0.3 is 15.1 Å². The van der Waals surface area contributed by atoms with Gasteiger partial charge in [-0.1, -0.05) is 30.3 Å². The molecule has 1 aromatic heterocycles. The van der Waals surface area contributed by atoms with Crippen LogP contribution in [-0.4, -0.2) is 37.1 Å². The minimum absolute atomic E-state index is 0.251. The van der Waals surface area contributed by atoms with Crippen LogP contribution in [0.4, 0.5) is 17.2 Å². The second-order valence-corrected chi connectivity index (χ2v) is 6.82. The summed E-state index contributed by atoms with van der Waals surface area (Å²) in [6, 6.07) is 22.9. The van der Waals surface area contributed by atoms with Crippen LogP contribution in [-0.2, 0) is 0 Å². The van der Waals surface area contributed by atoms with E-state index >= 15 is 0 Å². The van der Waals surface area contributed by atoms with Gasteiger partial charge in [0.1, 0.15) is 11.9 Å². The van der Waals surface area contributed by atoms with Crippen LogP contribution in [0, 0.1) is 11.3 Å². The molecule has 3 aromatic rings. The van der Waals surface area contributed by atoms with Crippen LogP contribution < -0.4 is 15.1 Å². The van der Waals surface area contributed by atoms with E-state index in [1.165, 1.54) is 5.69 Å². The van der Waals surface area contributed by atoms with Gasteiger partial charge in [0.2, 0.25) is 0 Å². The molecule has 0 unspecified atom stereocenters. The monoisotopic (exact) mass is 383 g/mol. The standard InChI is InChI=1S/C23H21N5O/c24-17-19-6-4-5-9-21(19)26-23(29)18-10-11-25-22(16-18)28-14-12-27(13-15-28)20-7-2-1-3-8-20/h1-11,16H,12-15H2,(H,26,29). The van der Waals surface area contributed by atoms with Gasteiger partial charge in [0.25, 0.3) is 5.91 Å². The fourth-order valence-corrected chi connectivity index (χ4v) is 3.45. The highest BCUT2D eigenvalue weighted by Gasteiger charge is 2.19. The van der Waals surface area contributed by atoms with Crippen molar-refractivity contribution in [3.8, 4) is 6.07 Å². The molecule has 6 heteroatoms. The number of nitriles is 1. The fourth-order valence-electron chi connectivity index (χ4n) is 3.45. The van der Waals surface area contributed by atoms with Gasteiger partial charge in [0, 0.05) is 43.6 Å². The highest BCUT2D eigenvalue weighted by atomic mass is 16.1. The molecule has 6 nitrogen and oxygen atoms in total. The topological polar surface area (TPSA) is 72.3 Å². The number of hydrogen-bond donors (Lipinski definition) is 1. The number of hydrogen-bond acceptors (Lipinski definition) is 5. The van der Waals surface area contributed by atoms with E-state index in [1.807, 2.05) is 12.1 Å². The van der Waals surface area contributed by atoms with E-state index < -0.39 is 0 Å². The molecule has 1 aliphatic heterocycles. The molecule has 0 aliphatic carbocycles. The minimum Gasteiger partial charge on any atom is -0.368 e. The molecular weight excluding hydrogens is 362 g/mol. The SMILES string of the molecule is N#Cc1ccccc1NC(=O)c1ccnc(N2CCN(c3ccccc3)CC2)c1. The summed E-state index contributed by atoms with van der Waals surface area (Å²) in [6.45, 7) is 3.48. The van der Waals surface area contributed by atoms with Gasteiger partial charge in [-0.05, 0) is 36.4 Å². The van der Waals surface area contributed by atoms with E-state index in [4.69, 9.17) is 0 Å². The third-order valence-corrected chi connectivity index (χ3v) is 5.03. The molecule has 29 heavy (non-hydrogen) atoms. The van der Waals surface area contributed by atoms with Crippen molar-refractivity contribution in [1.29, 1.82) is 5.26 Å². The predicted octanol–water partition coefficient (Wildman–Crippen LogP) is 3.53. The number of piperazine rings is 1. The Kier molecular flexibility index (Phi) is 5.39. The van der Waals surface area contributed by atoms with Crippen molar-refractivity contribution in [3.05, 3.63) is 84.1 Å². The second-order valence-electron chi connectivity index (χ2n) is 6.82. The first-order chi connectivity index (χ1) is 14.2. The number of amides is 1. The fraction of sp³-hybridized carbons (Fsp3) is 0.174. The number of nitrogens with one attached hydrogen (secondary N) is 1. The van der Waals surface area contributed by atoms with Crippen molar-refractivity contribution in [2.24, 2.45) is 0 Å². The summed E-state index contributed by atoms with van der Waals surface area (Å²) in [5, 5.41) is 12.0. The molecule has 1 N–H and O–H groups in total. The van der Waals surface area contributed by atoms with Crippen LogP contribution in [0.3, 0.4) is 0 Å². The number of para-hydroxylation sites is 2. The largest absolute Gasteiger partial charge is 0.368 e. The highest BCUT2D eigenvalue weighted by Crippen LogP contribution is 2.21. The number of aromatic nitrogens is 1. The first-order valence-corrected chi connectivity index (χ1v) is 9.56. The highest BCUT2D eigenvalue weighted by molar-refractivity contribution is 6.05. The number of benzene rings is 2. The Morgan fingerprint density at radius 1 is 0.931 bits per heavy atom. The third kappa shape index (κ3) is 4.19. The van der Waals surface area contributed by atoms with E-state index in [0.717, 1.165) is 32.0 Å². The van der Waals surface area contributed by atoms with Gasteiger partial charge in [0.15, 0.2) is 0 Å². The van der Waals surface area contributed by atoms with E-state index in [1.54, 1.807) is 36.5 Å². The van der Waals surface area contributed by atoms with Crippen LogP contribution >= 0.6 is 0 Å². The van der Waals surface area contributed by atoms with Gasteiger partial charge >= 0.3 is 0 Å². The average Bonchev–Trinajstić information content (AvgIpc) is 2.80. The quantitative estimate of drug-likeness (QED) is 0.746. The number of carbonyl (C=O) groups excluding carboxylic acids is 1. The molecule has 0 atom stereocenters.